The molecular formula is C14H20N2O4. The van der Waals surface area contributed by atoms with Gasteiger partial charge in [-0.25, -0.2) is 9.59 Å². The molecule has 1 heterocycles. The Morgan fingerprint density at radius 3 is 2.30 bits per heavy atom. The lowest BCUT2D eigenvalue weighted by atomic mass is 10.1. The summed E-state index contributed by atoms with van der Waals surface area (Å²) < 4.78 is 5.29. The van der Waals surface area contributed by atoms with Crippen molar-refractivity contribution in [3.63, 3.8) is 0 Å². The number of anilines is 1. The number of ether oxygens (including phenoxy) is 1. The molecule has 6 nitrogen and oxygen atoms in total. The molecule has 0 aromatic carbocycles. The summed E-state index contributed by atoms with van der Waals surface area (Å²) in [7, 11) is 0. The Bertz CT molecular complexity index is 468. The molecule has 1 rings (SSSR count). The van der Waals surface area contributed by atoms with Crippen LogP contribution >= 0.6 is 0 Å². The van der Waals surface area contributed by atoms with Gasteiger partial charge in [0.15, 0.2) is 0 Å². The fraction of sp³-hybridized carbons (Fsp3) is 0.500. The van der Waals surface area contributed by atoms with Crippen LogP contribution in [0.4, 0.5) is 10.5 Å². The Labute approximate surface area is 118 Å². The first-order valence-electron chi connectivity index (χ1n) is 6.41. The van der Waals surface area contributed by atoms with E-state index in [0.29, 0.717) is 5.69 Å². The number of hydrogen-bond acceptors (Lipinski definition) is 4. The van der Waals surface area contributed by atoms with Crippen LogP contribution in [0, 0.1) is 0 Å². The summed E-state index contributed by atoms with van der Waals surface area (Å²) >= 11 is 0. The van der Waals surface area contributed by atoms with Gasteiger partial charge in [0.25, 0.3) is 0 Å². The highest BCUT2D eigenvalue weighted by molar-refractivity contribution is 5.95. The fourth-order valence-electron chi connectivity index (χ4n) is 1.70. The topological polar surface area (TPSA) is 79.7 Å². The molecule has 0 spiro atoms. The molecule has 1 N–H and O–H groups in total. The molecule has 0 aliphatic carbocycles. The molecule has 0 saturated carbocycles. The van der Waals surface area contributed by atoms with Crippen LogP contribution in [-0.4, -0.2) is 33.8 Å². The van der Waals surface area contributed by atoms with E-state index in [-0.39, 0.29) is 6.42 Å². The zero-order valence-electron chi connectivity index (χ0n) is 12.2. The van der Waals surface area contributed by atoms with Crippen molar-refractivity contribution < 1.29 is 19.4 Å². The predicted octanol–water partition coefficient (Wildman–Crippen LogP) is 2.69. The maximum Gasteiger partial charge on any atom is 0.415 e. The third-order valence-electron chi connectivity index (χ3n) is 2.51. The van der Waals surface area contributed by atoms with Crippen molar-refractivity contribution in [2.24, 2.45) is 0 Å². The molecule has 1 unspecified atom stereocenters. The lowest BCUT2D eigenvalue weighted by Crippen LogP contribution is -2.47. The average Bonchev–Trinajstić information content (AvgIpc) is 2.33. The van der Waals surface area contributed by atoms with Gasteiger partial charge in [0.1, 0.15) is 11.6 Å². The van der Waals surface area contributed by atoms with E-state index in [4.69, 9.17) is 4.74 Å². The lowest BCUT2D eigenvalue weighted by Gasteiger charge is -2.30. The van der Waals surface area contributed by atoms with Crippen molar-refractivity contribution in [3.05, 3.63) is 24.5 Å². The minimum atomic E-state index is -1.07. The van der Waals surface area contributed by atoms with E-state index in [2.05, 4.69) is 4.98 Å². The lowest BCUT2D eigenvalue weighted by molar-refractivity contribution is -0.138. The zero-order chi connectivity index (χ0) is 15.3. The molecular weight excluding hydrogens is 260 g/mol. The fourth-order valence-corrected chi connectivity index (χ4v) is 1.70. The number of carboxylic acid groups (broad SMARTS) is 1. The van der Waals surface area contributed by atoms with Crippen LogP contribution in [-0.2, 0) is 9.53 Å². The van der Waals surface area contributed by atoms with Crippen LogP contribution in [0.2, 0.25) is 0 Å². The van der Waals surface area contributed by atoms with E-state index < -0.39 is 23.7 Å². The van der Waals surface area contributed by atoms with E-state index in [1.165, 1.54) is 12.4 Å². The van der Waals surface area contributed by atoms with Crippen molar-refractivity contribution in [1.82, 2.24) is 4.98 Å². The molecule has 1 amide bonds. The van der Waals surface area contributed by atoms with Crippen LogP contribution in [0.15, 0.2) is 24.5 Å². The van der Waals surface area contributed by atoms with E-state index in [1.807, 2.05) is 0 Å². The number of carbonyl (C=O) groups is 2. The van der Waals surface area contributed by atoms with Crippen molar-refractivity contribution in [2.75, 3.05) is 4.90 Å². The van der Waals surface area contributed by atoms with Crippen molar-refractivity contribution >= 4 is 17.7 Å². The van der Waals surface area contributed by atoms with Crippen LogP contribution in [0.5, 0.6) is 0 Å². The molecule has 0 radical (unpaired) electrons. The second-order valence-electron chi connectivity index (χ2n) is 5.32. The first kappa shape index (κ1) is 15.9. The Morgan fingerprint density at radius 1 is 1.35 bits per heavy atom. The van der Waals surface area contributed by atoms with Gasteiger partial charge in [-0.2, -0.15) is 0 Å². The Hall–Kier alpha value is -2.11. The third kappa shape index (κ3) is 4.22. The van der Waals surface area contributed by atoms with E-state index >= 15 is 0 Å². The number of aromatic nitrogens is 1. The monoisotopic (exact) mass is 280 g/mol. The van der Waals surface area contributed by atoms with Crippen LogP contribution in [0.25, 0.3) is 0 Å². The predicted molar refractivity (Wildman–Crippen MR) is 74.7 cm³/mol. The van der Waals surface area contributed by atoms with Crippen LogP contribution < -0.4 is 4.90 Å². The van der Waals surface area contributed by atoms with Gasteiger partial charge in [-0.05, 0) is 39.3 Å². The average molecular weight is 280 g/mol. The quantitative estimate of drug-likeness (QED) is 0.917. The number of amides is 1. The smallest absolute Gasteiger partial charge is 0.415 e. The standard InChI is InChI=1S/C14H20N2O4/c1-5-11(12(17)18)16(10-6-8-15-9-7-10)13(19)20-14(2,3)4/h6-9,11H,5H2,1-4H3,(H,17,18). The molecule has 0 saturated heterocycles. The number of rotatable bonds is 4. The SMILES string of the molecule is CCC(C(=O)O)N(C(=O)OC(C)(C)C)c1ccncc1. The highest BCUT2D eigenvalue weighted by atomic mass is 16.6. The summed E-state index contributed by atoms with van der Waals surface area (Å²) in [4.78, 5) is 28.6. The number of nitrogens with zero attached hydrogens (tertiary/aromatic N) is 2. The summed E-state index contributed by atoms with van der Waals surface area (Å²) in [5.74, 6) is -1.07. The highest BCUT2D eigenvalue weighted by Crippen LogP contribution is 2.21. The minimum absolute atomic E-state index is 0.275. The Kier molecular flexibility index (Phi) is 5.07. The van der Waals surface area contributed by atoms with Gasteiger partial charge >= 0.3 is 12.1 Å². The minimum Gasteiger partial charge on any atom is -0.480 e. The molecule has 1 aromatic rings. The second-order valence-corrected chi connectivity index (χ2v) is 5.32. The van der Waals surface area contributed by atoms with Gasteiger partial charge in [0, 0.05) is 12.4 Å². The molecule has 110 valence electrons. The largest absolute Gasteiger partial charge is 0.480 e. The van der Waals surface area contributed by atoms with Gasteiger partial charge in [0.05, 0.1) is 5.69 Å². The van der Waals surface area contributed by atoms with Crippen molar-refractivity contribution in [3.8, 4) is 0 Å². The summed E-state index contributed by atoms with van der Waals surface area (Å²) in [6.45, 7) is 6.91. The van der Waals surface area contributed by atoms with E-state index in [0.717, 1.165) is 4.90 Å². The molecule has 0 fully saturated rings. The first-order chi connectivity index (χ1) is 9.26. The van der Waals surface area contributed by atoms with E-state index in [9.17, 15) is 14.7 Å². The number of pyridine rings is 1. The molecule has 6 heteroatoms. The number of aliphatic carboxylic acids is 1. The Balaban J connectivity index is 3.14. The molecule has 0 bridgehead atoms. The number of hydrogen-bond donors (Lipinski definition) is 1. The van der Waals surface area contributed by atoms with Crippen molar-refractivity contribution in [2.45, 2.75) is 45.8 Å². The van der Waals surface area contributed by atoms with Gasteiger partial charge in [-0.3, -0.25) is 9.88 Å². The molecule has 1 atom stereocenters. The molecule has 20 heavy (non-hydrogen) atoms. The Morgan fingerprint density at radius 2 is 1.90 bits per heavy atom. The highest BCUT2D eigenvalue weighted by Gasteiger charge is 2.32. The summed E-state index contributed by atoms with van der Waals surface area (Å²) in [6.07, 6.45) is 2.59. The second kappa shape index (κ2) is 6.36. The molecule has 0 aliphatic rings. The van der Waals surface area contributed by atoms with Crippen LogP contribution in [0.1, 0.15) is 34.1 Å². The number of carboxylic acids is 1. The van der Waals surface area contributed by atoms with Gasteiger partial charge in [0.2, 0.25) is 0 Å². The third-order valence-corrected chi connectivity index (χ3v) is 2.51. The van der Waals surface area contributed by atoms with Gasteiger partial charge in [-0.15, -0.1) is 0 Å². The summed E-state index contributed by atoms with van der Waals surface area (Å²) in [5.41, 5.74) is -0.248. The maximum absolute atomic E-state index is 12.3. The summed E-state index contributed by atoms with van der Waals surface area (Å²) in [5, 5.41) is 9.29. The summed E-state index contributed by atoms with van der Waals surface area (Å²) in [6, 6.07) is 2.18. The van der Waals surface area contributed by atoms with Crippen LogP contribution in [0.3, 0.4) is 0 Å². The van der Waals surface area contributed by atoms with Gasteiger partial charge < -0.3 is 9.84 Å². The normalized spacial score (nSPS) is 12.6. The number of carbonyl (C=O) groups excluding carboxylic acids is 1. The molecule has 1 aromatic heterocycles. The first-order valence-corrected chi connectivity index (χ1v) is 6.41. The van der Waals surface area contributed by atoms with Crippen molar-refractivity contribution in [1.29, 1.82) is 0 Å². The van der Waals surface area contributed by atoms with Gasteiger partial charge in [-0.1, -0.05) is 6.92 Å². The molecule has 0 aliphatic heterocycles. The zero-order valence-corrected chi connectivity index (χ0v) is 12.2. The maximum atomic E-state index is 12.3. The van der Waals surface area contributed by atoms with E-state index in [1.54, 1.807) is 39.8 Å².